The molecule has 0 aliphatic heterocycles. The van der Waals surface area contributed by atoms with Crippen molar-refractivity contribution in [2.45, 2.75) is 38.8 Å². The third-order valence-electron chi connectivity index (χ3n) is 4.27. The van der Waals surface area contributed by atoms with Crippen LogP contribution in [-0.2, 0) is 11.3 Å². The molecule has 0 atom stereocenters. The van der Waals surface area contributed by atoms with Gasteiger partial charge in [0.1, 0.15) is 0 Å². The molecule has 2 aromatic rings. The average molecular weight is 284 g/mol. The molecule has 0 aromatic heterocycles. The third kappa shape index (κ3) is 3.24. The number of carbonyl (C=O) groups is 1. The fourth-order valence-corrected chi connectivity index (χ4v) is 2.62. The Balaban J connectivity index is 2.17. The van der Waals surface area contributed by atoms with Crippen molar-refractivity contribution in [3.63, 3.8) is 0 Å². The second kappa shape index (κ2) is 6.27. The second-order valence-corrected chi connectivity index (χ2v) is 5.71. The minimum absolute atomic E-state index is 0.0145. The van der Waals surface area contributed by atoms with Gasteiger partial charge in [-0.25, -0.2) is 0 Å². The van der Waals surface area contributed by atoms with Crippen molar-refractivity contribution in [2.24, 2.45) is 5.73 Å². The molecule has 1 amide bonds. The molecule has 0 fully saturated rings. The van der Waals surface area contributed by atoms with Gasteiger partial charge in [0.05, 0.1) is 5.54 Å². The zero-order chi connectivity index (χ0) is 15.5. The molecule has 2 aromatic carbocycles. The van der Waals surface area contributed by atoms with Crippen molar-refractivity contribution < 1.29 is 4.79 Å². The lowest BCUT2D eigenvalue weighted by atomic mass is 9.92. The average Bonchev–Trinajstić information content (AvgIpc) is 2.53. The summed E-state index contributed by atoms with van der Waals surface area (Å²) in [5, 5.41) is 2.41. The van der Waals surface area contributed by atoms with E-state index in [1.54, 1.807) is 4.90 Å². The SMILES string of the molecule is CCC(N)(CC)C(=O)N(C)Cc1ccc2ccccc2c1. The highest BCUT2D eigenvalue weighted by Gasteiger charge is 2.32. The standard InChI is InChI=1S/C18H24N2O/c1-4-18(19,5-2)17(21)20(3)13-14-10-11-15-8-6-7-9-16(15)12-14/h6-12H,4-5,13,19H2,1-3H3. The summed E-state index contributed by atoms with van der Waals surface area (Å²) in [5.41, 5.74) is 6.57. The molecule has 0 spiro atoms. The molecule has 0 aliphatic rings. The van der Waals surface area contributed by atoms with Crippen LogP contribution in [0.1, 0.15) is 32.3 Å². The quantitative estimate of drug-likeness (QED) is 0.915. The summed E-state index contributed by atoms with van der Waals surface area (Å²) in [6.45, 7) is 4.51. The van der Waals surface area contributed by atoms with E-state index in [9.17, 15) is 4.79 Å². The highest BCUT2D eigenvalue weighted by Crippen LogP contribution is 2.19. The molecule has 2 N–H and O–H groups in total. The summed E-state index contributed by atoms with van der Waals surface area (Å²) in [4.78, 5) is 14.2. The monoisotopic (exact) mass is 284 g/mol. The number of rotatable bonds is 5. The molecule has 0 radical (unpaired) electrons. The first-order valence-corrected chi connectivity index (χ1v) is 7.52. The molecular weight excluding hydrogens is 260 g/mol. The Kier molecular flexibility index (Phi) is 4.63. The minimum atomic E-state index is -0.744. The summed E-state index contributed by atoms with van der Waals surface area (Å²) in [6, 6.07) is 14.5. The smallest absolute Gasteiger partial charge is 0.242 e. The highest BCUT2D eigenvalue weighted by molar-refractivity contribution is 5.86. The van der Waals surface area contributed by atoms with Gasteiger partial charge in [-0.2, -0.15) is 0 Å². The molecule has 0 bridgehead atoms. The maximum atomic E-state index is 12.5. The molecule has 2 rings (SSSR count). The van der Waals surface area contributed by atoms with Crippen molar-refractivity contribution in [2.75, 3.05) is 7.05 Å². The second-order valence-electron chi connectivity index (χ2n) is 5.71. The van der Waals surface area contributed by atoms with Gasteiger partial charge >= 0.3 is 0 Å². The topological polar surface area (TPSA) is 46.3 Å². The van der Waals surface area contributed by atoms with E-state index in [2.05, 4.69) is 30.3 Å². The molecule has 21 heavy (non-hydrogen) atoms. The van der Waals surface area contributed by atoms with Gasteiger partial charge in [0.25, 0.3) is 0 Å². The number of amides is 1. The summed E-state index contributed by atoms with van der Waals surface area (Å²) in [6.07, 6.45) is 1.31. The molecule has 3 nitrogen and oxygen atoms in total. The first-order valence-electron chi connectivity index (χ1n) is 7.52. The zero-order valence-corrected chi connectivity index (χ0v) is 13.1. The van der Waals surface area contributed by atoms with Crippen molar-refractivity contribution in [3.05, 3.63) is 48.0 Å². The van der Waals surface area contributed by atoms with Crippen molar-refractivity contribution in [1.29, 1.82) is 0 Å². The van der Waals surface area contributed by atoms with Crippen LogP contribution in [0.5, 0.6) is 0 Å². The summed E-state index contributed by atoms with van der Waals surface area (Å²) in [7, 11) is 1.82. The van der Waals surface area contributed by atoms with Crippen LogP contribution in [-0.4, -0.2) is 23.4 Å². The molecule has 0 unspecified atom stereocenters. The molecule has 0 saturated heterocycles. The summed E-state index contributed by atoms with van der Waals surface area (Å²) in [5.74, 6) is 0.0145. The van der Waals surface area contributed by atoms with E-state index in [4.69, 9.17) is 5.73 Å². The maximum Gasteiger partial charge on any atom is 0.242 e. The lowest BCUT2D eigenvalue weighted by molar-refractivity contribution is -0.136. The number of benzene rings is 2. The molecular formula is C18H24N2O. The largest absolute Gasteiger partial charge is 0.340 e. The molecule has 0 heterocycles. The van der Waals surface area contributed by atoms with Crippen molar-refractivity contribution in [1.82, 2.24) is 4.90 Å². The lowest BCUT2D eigenvalue weighted by Crippen LogP contribution is -2.53. The Bertz CT molecular complexity index is 632. The number of hydrogen-bond donors (Lipinski definition) is 1. The van der Waals surface area contributed by atoms with Gasteiger partial charge in [0.15, 0.2) is 0 Å². The van der Waals surface area contributed by atoms with Crippen LogP contribution in [0.2, 0.25) is 0 Å². The predicted molar refractivity (Wildman–Crippen MR) is 87.9 cm³/mol. The first kappa shape index (κ1) is 15.5. The van der Waals surface area contributed by atoms with E-state index in [-0.39, 0.29) is 5.91 Å². The lowest BCUT2D eigenvalue weighted by Gasteiger charge is -2.30. The van der Waals surface area contributed by atoms with Gasteiger partial charge in [-0.05, 0) is 35.2 Å². The van der Waals surface area contributed by atoms with Gasteiger partial charge in [-0.1, -0.05) is 50.2 Å². The Morgan fingerprint density at radius 1 is 1.10 bits per heavy atom. The van der Waals surface area contributed by atoms with E-state index >= 15 is 0 Å². The predicted octanol–water partition coefficient (Wildman–Crippen LogP) is 3.32. The van der Waals surface area contributed by atoms with Crippen LogP contribution in [0.3, 0.4) is 0 Å². The highest BCUT2D eigenvalue weighted by atomic mass is 16.2. The number of carbonyl (C=O) groups excluding carboxylic acids is 1. The number of fused-ring (bicyclic) bond motifs is 1. The van der Waals surface area contributed by atoms with E-state index < -0.39 is 5.54 Å². The minimum Gasteiger partial charge on any atom is -0.340 e. The molecule has 3 heteroatoms. The van der Waals surface area contributed by atoms with Crippen LogP contribution in [0.4, 0.5) is 0 Å². The number of nitrogens with zero attached hydrogens (tertiary/aromatic N) is 1. The van der Waals surface area contributed by atoms with Crippen LogP contribution >= 0.6 is 0 Å². The number of likely N-dealkylation sites (N-methyl/N-ethyl adjacent to an activating group) is 1. The van der Waals surface area contributed by atoms with Gasteiger partial charge < -0.3 is 10.6 Å². The van der Waals surface area contributed by atoms with Gasteiger partial charge in [-0.15, -0.1) is 0 Å². The Morgan fingerprint density at radius 2 is 1.71 bits per heavy atom. The summed E-state index contributed by atoms with van der Waals surface area (Å²) < 4.78 is 0. The van der Waals surface area contributed by atoms with Gasteiger partial charge in [-0.3, -0.25) is 4.79 Å². The first-order chi connectivity index (χ1) is 10.00. The van der Waals surface area contributed by atoms with Gasteiger partial charge in [0.2, 0.25) is 5.91 Å². The number of hydrogen-bond acceptors (Lipinski definition) is 2. The fraction of sp³-hybridized carbons (Fsp3) is 0.389. The molecule has 112 valence electrons. The van der Waals surface area contributed by atoms with Gasteiger partial charge in [0, 0.05) is 13.6 Å². The normalized spacial score (nSPS) is 11.6. The van der Waals surface area contributed by atoms with E-state index in [0.29, 0.717) is 19.4 Å². The fourth-order valence-electron chi connectivity index (χ4n) is 2.62. The Morgan fingerprint density at radius 3 is 2.33 bits per heavy atom. The van der Waals surface area contributed by atoms with Crippen molar-refractivity contribution >= 4 is 16.7 Å². The molecule has 0 aliphatic carbocycles. The summed E-state index contributed by atoms with van der Waals surface area (Å²) >= 11 is 0. The molecule has 0 saturated carbocycles. The maximum absolute atomic E-state index is 12.5. The van der Waals surface area contributed by atoms with Crippen LogP contribution < -0.4 is 5.73 Å². The van der Waals surface area contributed by atoms with E-state index in [1.807, 2.05) is 33.0 Å². The van der Waals surface area contributed by atoms with E-state index in [0.717, 1.165) is 5.56 Å². The van der Waals surface area contributed by atoms with Crippen LogP contribution in [0.15, 0.2) is 42.5 Å². The zero-order valence-electron chi connectivity index (χ0n) is 13.1. The van der Waals surface area contributed by atoms with E-state index in [1.165, 1.54) is 10.8 Å². The van der Waals surface area contributed by atoms with Crippen LogP contribution in [0, 0.1) is 0 Å². The van der Waals surface area contributed by atoms with Crippen LogP contribution in [0.25, 0.3) is 10.8 Å². The van der Waals surface area contributed by atoms with Crippen molar-refractivity contribution in [3.8, 4) is 0 Å². The third-order valence-corrected chi connectivity index (χ3v) is 4.27. The number of nitrogens with two attached hydrogens (primary N) is 1. The Hall–Kier alpha value is -1.87. The Labute approximate surface area is 126 Å².